The Morgan fingerprint density at radius 1 is 1.22 bits per heavy atom. The van der Waals surface area contributed by atoms with Crippen LogP contribution in [-0.4, -0.2) is 33.0 Å². The molecule has 2 N–H and O–H groups in total. The quantitative estimate of drug-likeness (QED) is 0.558. The fourth-order valence-electron chi connectivity index (χ4n) is 2.90. The smallest absolute Gasteiger partial charge is 0.222 e. The summed E-state index contributed by atoms with van der Waals surface area (Å²) in [6.07, 6.45) is 5.21. The summed E-state index contributed by atoms with van der Waals surface area (Å²) in [7, 11) is 1.61. The Kier molecular flexibility index (Phi) is 4.33. The molecule has 4 aromatic heterocycles. The lowest BCUT2D eigenvalue weighted by atomic mass is 10.1. The van der Waals surface area contributed by atoms with E-state index < -0.39 is 0 Å². The van der Waals surface area contributed by atoms with Gasteiger partial charge in [-0.05, 0) is 19.1 Å². The first-order valence-corrected chi connectivity index (χ1v) is 9.09. The van der Waals surface area contributed by atoms with Crippen molar-refractivity contribution < 1.29 is 9.53 Å². The minimum Gasteiger partial charge on any atom is -0.495 e. The molecule has 0 fully saturated rings. The normalized spacial score (nSPS) is 10.9. The van der Waals surface area contributed by atoms with Crippen molar-refractivity contribution in [3.05, 3.63) is 41.7 Å². The molecule has 4 aromatic rings. The third kappa shape index (κ3) is 3.26. The van der Waals surface area contributed by atoms with E-state index in [0.29, 0.717) is 11.6 Å². The second-order valence-electron chi connectivity index (χ2n) is 6.03. The number of methoxy groups -OCH3 is 1. The van der Waals surface area contributed by atoms with Gasteiger partial charge < -0.3 is 15.0 Å². The molecule has 0 bridgehead atoms. The number of nitrogens with zero attached hydrogens (tertiary/aromatic N) is 3. The Morgan fingerprint density at radius 3 is 2.78 bits per heavy atom. The topological polar surface area (TPSA) is 92.8 Å². The van der Waals surface area contributed by atoms with Gasteiger partial charge in [0.25, 0.3) is 0 Å². The standard InChI is InChI=1S/C19H17N5O2S/c1-10-8-22-19(27-10)16-17(12-4-5-20-15(6-12)23-11(2)25)24-14-7-13(26-3)9-21-18(14)16/h4-9,24H,1-3H3,(H,20,23,25). The number of rotatable bonds is 4. The van der Waals surface area contributed by atoms with Gasteiger partial charge in [0.2, 0.25) is 5.91 Å². The number of aryl methyl sites for hydroxylation is 1. The van der Waals surface area contributed by atoms with E-state index in [9.17, 15) is 4.79 Å². The zero-order valence-corrected chi connectivity index (χ0v) is 15.8. The third-order valence-corrected chi connectivity index (χ3v) is 4.96. The maximum absolute atomic E-state index is 11.4. The summed E-state index contributed by atoms with van der Waals surface area (Å²) in [5.74, 6) is 0.995. The zero-order chi connectivity index (χ0) is 19.0. The summed E-state index contributed by atoms with van der Waals surface area (Å²) in [6, 6.07) is 5.62. The Balaban J connectivity index is 1.95. The molecule has 4 rings (SSSR count). The van der Waals surface area contributed by atoms with Crippen molar-refractivity contribution >= 4 is 34.1 Å². The van der Waals surface area contributed by atoms with Crippen LogP contribution in [0.4, 0.5) is 5.82 Å². The molecule has 0 aliphatic heterocycles. The first-order chi connectivity index (χ1) is 13.0. The van der Waals surface area contributed by atoms with E-state index in [-0.39, 0.29) is 5.91 Å². The Hall–Kier alpha value is -3.26. The van der Waals surface area contributed by atoms with Gasteiger partial charge >= 0.3 is 0 Å². The molecule has 0 aliphatic carbocycles. The largest absolute Gasteiger partial charge is 0.495 e. The molecule has 0 spiro atoms. The van der Waals surface area contributed by atoms with Crippen molar-refractivity contribution in [3.63, 3.8) is 0 Å². The molecule has 0 atom stereocenters. The lowest BCUT2D eigenvalue weighted by Crippen LogP contribution is -2.07. The van der Waals surface area contributed by atoms with Gasteiger partial charge in [-0.15, -0.1) is 11.3 Å². The van der Waals surface area contributed by atoms with E-state index in [1.54, 1.807) is 30.8 Å². The van der Waals surface area contributed by atoms with Gasteiger partial charge in [0.05, 0.1) is 35.6 Å². The number of amides is 1. The van der Waals surface area contributed by atoms with E-state index in [4.69, 9.17) is 4.74 Å². The van der Waals surface area contributed by atoms with Crippen LogP contribution in [0.2, 0.25) is 0 Å². The number of ether oxygens (including phenoxy) is 1. The summed E-state index contributed by atoms with van der Waals surface area (Å²) in [6.45, 7) is 3.48. The number of aromatic nitrogens is 4. The SMILES string of the molecule is COc1cnc2c(-c3ncc(C)s3)c(-c3ccnc(NC(C)=O)c3)[nH]c2c1. The van der Waals surface area contributed by atoms with Crippen molar-refractivity contribution in [1.29, 1.82) is 0 Å². The second kappa shape index (κ2) is 6.81. The summed E-state index contributed by atoms with van der Waals surface area (Å²) >= 11 is 1.61. The molecular weight excluding hydrogens is 362 g/mol. The fourth-order valence-corrected chi connectivity index (χ4v) is 3.71. The van der Waals surface area contributed by atoms with Gasteiger partial charge in [-0.3, -0.25) is 4.79 Å². The lowest BCUT2D eigenvalue weighted by molar-refractivity contribution is -0.114. The summed E-state index contributed by atoms with van der Waals surface area (Å²) in [5.41, 5.74) is 4.34. The number of aromatic amines is 1. The number of H-pyrrole nitrogens is 1. The highest BCUT2D eigenvalue weighted by molar-refractivity contribution is 7.15. The maximum atomic E-state index is 11.4. The number of thiazole rings is 1. The minimum absolute atomic E-state index is 0.168. The van der Waals surface area contributed by atoms with Crippen LogP contribution in [-0.2, 0) is 4.79 Å². The Bertz CT molecular complexity index is 1150. The average Bonchev–Trinajstić information content (AvgIpc) is 3.23. The van der Waals surface area contributed by atoms with Gasteiger partial charge in [-0.25, -0.2) is 15.0 Å². The molecule has 0 radical (unpaired) electrons. The molecule has 136 valence electrons. The molecular formula is C19H17N5O2S. The number of carbonyl (C=O) groups excluding carboxylic acids is 1. The summed E-state index contributed by atoms with van der Waals surface area (Å²) in [5, 5.41) is 3.60. The highest BCUT2D eigenvalue weighted by atomic mass is 32.1. The number of hydrogen-bond donors (Lipinski definition) is 2. The summed E-state index contributed by atoms with van der Waals surface area (Å²) < 4.78 is 5.30. The highest BCUT2D eigenvalue weighted by Crippen LogP contribution is 2.40. The van der Waals surface area contributed by atoms with Crippen LogP contribution in [0, 0.1) is 6.92 Å². The number of anilines is 1. The number of fused-ring (bicyclic) bond motifs is 1. The van der Waals surface area contributed by atoms with Crippen molar-refractivity contribution in [2.75, 3.05) is 12.4 Å². The molecule has 0 saturated heterocycles. The average molecular weight is 379 g/mol. The molecule has 7 nitrogen and oxygen atoms in total. The van der Waals surface area contributed by atoms with Gasteiger partial charge in [0.15, 0.2) is 0 Å². The second-order valence-corrected chi connectivity index (χ2v) is 7.27. The first kappa shape index (κ1) is 17.2. The zero-order valence-electron chi connectivity index (χ0n) is 15.0. The molecule has 1 amide bonds. The molecule has 0 saturated carbocycles. The van der Waals surface area contributed by atoms with E-state index in [2.05, 4.69) is 25.3 Å². The van der Waals surface area contributed by atoms with Crippen molar-refractivity contribution in [2.45, 2.75) is 13.8 Å². The molecule has 0 aromatic carbocycles. The van der Waals surface area contributed by atoms with Crippen molar-refractivity contribution in [3.8, 4) is 27.6 Å². The van der Waals surface area contributed by atoms with E-state index >= 15 is 0 Å². The van der Waals surface area contributed by atoms with E-state index in [1.165, 1.54) is 6.92 Å². The predicted molar refractivity (Wildman–Crippen MR) is 106 cm³/mol. The molecule has 0 unspecified atom stereocenters. The van der Waals surface area contributed by atoms with Crippen molar-refractivity contribution in [1.82, 2.24) is 19.9 Å². The molecule has 8 heteroatoms. The number of carbonyl (C=O) groups is 1. The van der Waals surface area contributed by atoms with Crippen LogP contribution in [0.5, 0.6) is 5.75 Å². The van der Waals surface area contributed by atoms with Gasteiger partial charge in [0, 0.05) is 35.8 Å². The van der Waals surface area contributed by atoms with Crippen LogP contribution in [0.3, 0.4) is 0 Å². The monoisotopic (exact) mass is 379 g/mol. The minimum atomic E-state index is -0.168. The molecule has 0 aliphatic rings. The van der Waals surface area contributed by atoms with Crippen molar-refractivity contribution in [2.24, 2.45) is 0 Å². The van der Waals surface area contributed by atoms with Crippen LogP contribution < -0.4 is 10.1 Å². The van der Waals surface area contributed by atoms with Crippen LogP contribution in [0.1, 0.15) is 11.8 Å². The highest BCUT2D eigenvalue weighted by Gasteiger charge is 2.19. The van der Waals surface area contributed by atoms with Gasteiger partial charge in [0.1, 0.15) is 16.6 Å². The predicted octanol–water partition coefficient (Wildman–Crippen LogP) is 4.02. The number of nitrogens with one attached hydrogen (secondary N) is 2. The number of hydrogen-bond acceptors (Lipinski definition) is 6. The molecule has 4 heterocycles. The third-order valence-electron chi connectivity index (χ3n) is 4.03. The maximum Gasteiger partial charge on any atom is 0.222 e. The summed E-state index contributed by atoms with van der Waals surface area (Å²) in [4.78, 5) is 29.2. The van der Waals surface area contributed by atoms with Gasteiger partial charge in [-0.2, -0.15) is 0 Å². The van der Waals surface area contributed by atoms with E-state index in [1.807, 2.05) is 31.3 Å². The number of pyridine rings is 2. The van der Waals surface area contributed by atoms with Crippen LogP contribution >= 0.6 is 11.3 Å². The Labute approximate surface area is 159 Å². The van der Waals surface area contributed by atoms with Crippen LogP contribution in [0.25, 0.3) is 32.9 Å². The van der Waals surface area contributed by atoms with E-state index in [0.717, 1.165) is 37.7 Å². The lowest BCUT2D eigenvalue weighted by Gasteiger charge is -2.05. The molecule has 27 heavy (non-hydrogen) atoms. The van der Waals surface area contributed by atoms with Gasteiger partial charge in [-0.1, -0.05) is 0 Å². The van der Waals surface area contributed by atoms with Crippen LogP contribution in [0.15, 0.2) is 36.8 Å². The Morgan fingerprint density at radius 2 is 2.07 bits per heavy atom. The first-order valence-electron chi connectivity index (χ1n) is 8.27. The fraction of sp³-hybridized carbons (Fsp3) is 0.158.